The number of ketones is 1. The Labute approximate surface area is 112 Å². The number of amides is 1. The Kier molecular flexibility index (Phi) is 3.74. The Morgan fingerprint density at radius 1 is 1.21 bits per heavy atom. The van der Waals surface area contributed by atoms with Crippen LogP contribution in [-0.4, -0.2) is 25.5 Å². The van der Waals surface area contributed by atoms with E-state index in [1.807, 2.05) is 13.0 Å². The molecule has 0 aromatic heterocycles. The first kappa shape index (κ1) is 13.4. The lowest BCUT2D eigenvalue weighted by Gasteiger charge is -2.19. The summed E-state index contributed by atoms with van der Waals surface area (Å²) in [5, 5.41) is 0. The quantitative estimate of drug-likeness (QED) is 0.834. The standard InChI is InChI=1S/C14H17NO4/c1-9-6-12-13(19-8-18-12)7-11(9)15(3)14(17)5-4-10(2)16/h6-7H,4-5,8H2,1-3H3. The van der Waals surface area contributed by atoms with Crippen molar-refractivity contribution in [3.63, 3.8) is 0 Å². The van der Waals surface area contributed by atoms with Gasteiger partial charge in [-0.2, -0.15) is 0 Å². The van der Waals surface area contributed by atoms with Crippen LogP contribution in [0, 0.1) is 6.92 Å². The molecule has 0 radical (unpaired) electrons. The van der Waals surface area contributed by atoms with Crippen LogP contribution in [0.15, 0.2) is 12.1 Å². The molecule has 0 saturated carbocycles. The van der Waals surface area contributed by atoms with Crippen molar-refractivity contribution in [2.24, 2.45) is 0 Å². The molecule has 0 atom stereocenters. The van der Waals surface area contributed by atoms with E-state index in [1.54, 1.807) is 18.0 Å². The number of nitrogens with zero attached hydrogens (tertiary/aromatic N) is 1. The van der Waals surface area contributed by atoms with Crippen molar-refractivity contribution in [2.45, 2.75) is 26.7 Å². The zero-order chi connectivity index (χ0) is 14.0. The molecule has 0 unspecified atom stereocenters. The minimum absolute atomic E-state index is 0.0177. The summed E-state index contributed by atoms with van der Waals surface area (Å²) in [4.78, 5) is 24.5. The second-order valence-corrected chi connectivity index (χ2v) is 4.65. The van der Waals surface area contributed by atoms with Gasteiger partial charge in [0.05, 0.1) is 5.69 Å². The first-order valence-electron chi connectivity index (χ1n) is 6.15. The molecule has 1 aliphatic heterocycles. The van der Waals surface area contributed by atoms with Crippen molar-refractivity contribution < 1.29 is 19.1 Å². The van der Waals surface area contributed by atoms with Gasteiger partial charge < -0.3 is 19.2 Å². The van der Waals surface area contributed by atoms with Gasteiger partial charge >= 0.3 is 0 Å². The number of ether oxygens (including phenoxy) is 2. The van der Waals surface area contributed by atoms with E-state index in [9.17, 15) is 9.59 Å². The number of benzene rings is 1. The molecule has 1 aromatic rings. The van der Waals surface area contributed by atoms with Gasteiger partial charge in [0.1, 0.15) is 5.78 Å². The second-order valence-electron chi connectivity index (χ2n) is 4.65. The lowest BCUT2D eigenvalue weighted by molar-refractivity contribution is -0.122. The molecule has 1 heterocycles. The third-order valence-electron chi connectivity index (χ3n) is 3.12. The van der Waals surface area contributed by atoms with Crippen LogP contribution in [-0.2, 0) is 9.59 Å². The lowest BCUT2D eigenvalue weighted by Crippen LogP contribution is -2.27. The molecular weight excluding hydrogens is 246 g/mol. The van der Waals surface area contributed by atoms with Crippen molar-refractivity contribution >= 4 is 17.4 Å². The van der Waals surface area contributed by atoms with Crippen LogP contribution in [0.1, 0.15) is 25.3 Å². The predicted octanol–water partition coefficient (Wildman–Crippen LogP) is 2.06. The molecule has 1 aromatic carbocycles. The Morgan fingerprint density at radius 2 is 1.84 bits per heavy atom. The third-order valence-corrected chi connectivity index (χ3v) is 3.12. The van der Waals surface area contributed by atoms with Crippen LogP contribution >= 0.6 is 0 Å². The Morgan fingerprint density at radius 3 is 2.47 bits per heavy atom. The number of fused-ring (bicyclic) bond motifs is 1. The van der Waals surface area contributed by atoms with Crippen LogP contribution in [0.2, 0.25) is 0 Å². The minimum Gasteiger partial charge on any atom is -0.454 e. The number of hydrogen-bond acceptors (Lipinski definition) is 4. The van der Waals surface area contributed by atoms with Crippen LogP contribution in [0.5, 0.6) is 11.5 Å². The molecular formula is C14H17NO4. The monoisotopic (exact) mass is 263 g/mol. The number of aryl methyl sites for hydroxylation is 1. The number of Topliss-reactive ketones (excluding diaryl/α,β-unsaturated/α-hetero) is 1. The first-order chi connectivity index (χ1) is 8.99. The summed E-state index contributed by atoms with van der Waals surface area (Å²) >= 11 is 0. The summed E-state index contributed by atoms with van der Waals surface area (Å²) in [6, 6.07) is 3.65. The van der Waals surface area contributed by atoms with Gasteiger partial charge in [-0.05, 0) is 25.5 Å². The zero-order valence-corrected chi connectivity index (χ0v) is 11.4. The largest absolute Gasteiger partial charge is 0.454 e. The van der Waals surface area contributed by atoms with E-state index in [4.69, 9.17) is 9.47 Å². The smallest absolute Gasteiger partial charge is 0.231 e. The Hall–Kier alpha value is -2.04. The van der Waals surface area contributed by atoms with E-state index >= 15 is 0 Å². The van der Waals surface area contributed by atoms with E-state index in [2.05, 4.69) is 0 Å². The fraction of sp³-hybridized carbons (Fsp3) is 0.429. The maximum atomic E-state index is 12.0. The highest BCUT2D eigenvalue weighted by atomic mass is 16.7. The van der Waals surface area contributed by atoms with Gasteiger partial charge in [-0.25, -0.2) is 0 Å². The van der Waals surface area contributed by atoms with Gasteiger partial charge in [-0.3, -0.25) is 4.79 Å². The lowest BCUT2D eigenvalue weighted by atomic mass is 10.1. The third kappa shape index (κ3) is 2.86. The van der Waals surface area contributed by atoms with Gasteiger partial charge in [-0.1, -0.05) is 0 Å². The summed E-state index contributed by atoms with van der Waals surface area (Å²) < 4.78 is 10.6. The van der Waals surface area contributed by atoms with Crippen molar-refractivity contribution in [1.29, 1.82) is 0 Å². The SMILES string of the molecule is CC(=O)CCC(=O)N(C)c1cc2c(cc1C)OCO2. The molecule has 2 rings (SSSR count). The molecule has 0 bridgehead atoms. The number of hydrogen-bond donors (Lipinski definition) is 0. The van der Waals surface area contributed by atoms with Crippen LogP contribution in [0.4, 0.5) is 5.69 Å². The van der Waals surface area contributed by atoms with Gasteiger partial charge in [0.2, 0.25) is 12.7 Å². The molecule has 5 nitrogen and oxygen atoms in total. The molecule has 19 heavy (non-hydrogen) atoms. The average Bonchev–Trinajstić information content (AvgIpc) is 2.80. The summed E-state index contributed by atoms with van der Waals surface area (Å²) in [5.74, 6) is 1.28. The highest BCUT2D eigenvalue weighted by molar-refractivity contribution is 5.96. The van der Waals surface area contributed by atoms with Gasteiger partial charge in [0.15, 0.2) is 11.5 Å². The maximum Gasteiger partial charge on any atom is 0.231 e. The first-order valence-corrected chi connectivity index (χ1v) is 6.15. The summed E-state index contributed by atoms with van der Waals surface area (Å²) in [6.45, 7) is 3.60. The fourth-order valence-electron chi connectivity index (χ4n) is 1.98. The predicted molar refractivity (Wildman–Crippen MR) is 70.6 cm³/mol. The average molecular weight is 263 g/mol. The van der Waals surface area contributed by atoms with E-state index in [-0.39, 0.29) is 31.3 Å². The fourth-order valence-corrected chi connectivity index (χ4v) is 1.98. The van der Waals surface area contributed by atoms with Crippen molar-refractivity contribution in [1.82, 2.24) is 0 Å². The summed E-state index contributed by atoms with van der Waals surface area (Å²) in [7, 11) is 1.70. The van der Waals surface area contributed by atoms with Crippen molar-refractivity contribution in [3.05, 3.63) is 17.7 Å². The molecule has 5 heteroatoms. The molecule has 1 aliphatic rings. The highest BCUT2D eigenvalue weighted by Crippen LogP contribution is 2.37. The number of anilines is 1. The summed E-state index contributed by atoms with van der Waals surface area (Å²) in [6.07, 6.45) is 0.493. The zero-order valence-electron chi connectivity index (χ0n) is 11.4. The number of carbonyl (C=O) groups excluding carboxylic acids is 2. The molecule has 0 fully saturated rings. The van der Waals surface area contributed by atoms with E-state index in [1.165, 1.54) is 6.92 Å². The Bertz CT molecular complexity index is 524. The van der Waals surface area contributed by atoms with Crippen LogP contribution < -0.4 is 14.4 Å². The number of rotatable bonds is 4. The van der Waals surface area contributed by atoms with Crippen LogP contribution in [0.3, 0.4) is 0 Å². The second kappa shape index (κ2) is 5.30. The molecule has 0 spiro atoms. The van der Waals surface area contributed by atoms with Crippen LogP contribution in [0.25, 0.3) is 0 Å². The Balaban J connectivity index is 2.17. The van der Waals surface area contributed by atoms with Gasteiger partial charge in [0, 0.05) is 26.0 Å². The highest BCUT2D eigenvalue weighted by Gasteiger charge is 2.20. The number of carbonyl (C=O) groups is 2. The molecule has 0 N–H and O–H groups in total. The van der Waals surface area contributed by atoms with Crippen molar-refractivity contribution in [3.8, 4) is 11.5 Å². The maximum absolute atomic E-state index is 12.0. The van der Waals surface area contributed by atoms with E-state index in [0.29, 0.717) is 11.5 Å². The molecule has 0 saturated heterocycles. The summed E-state index contributed by atoms with van der Waals surface area (Å²) in [5.41, 5.74) is 1.71. The van der Waals surface area contributed by atoms with E-state index in [0.717, 1.165) is 11.3 Å². The van der Waals surface area contributed by atoms with Crippen molar-refractivity contribution in [2.75, 3.05) is 18.7 Å². The van der Waals surface area contributed by atoms with E-state index < -0.39 is 0 Å². The molecule has 1 amide bonds. The topological polar surface area (TPSA) is 55.8 Å². The minimum atomic E-state index is -0.0860. The molecule has 102 valence electrons. The van der Waals surface area contributed by atoms with Gasteiger partial charge in [-0.15, -0.1) is 0 Å². The van der Waals surface area contributed by atoms with Gasteiger partial charge in [0.25, 0.3) is 0 Å². The molecule has 0 aliphatic carbocycles. The normalized spacial score (nSPS) is 12.4.